The van der Waals surface area contributed by atoms with Gasteiger partial charge in [0.2, 0.25) is 0 Å². The number of aryl methyl sites for hydroxylation is 1. The van der Waals surface area contributed by atoms with Crippen LogP contribution in [-0.4, -0.2) is 40.3 Å². The smallest absolute Gasteiger partial charge is 0.417 e. The minimum absolute atomic E-state index is 0.152. The van der Waals surface area contributed by atoms with E-state index in [4.69, 9.17) is 21.7 Å². The number of imide groups is 1. The van der Waals surface area contributed by atoms with Crippen molar-refractivity contribution < 1.29 is 19.1 Å². The molecule has 0 unspecified atom stereocenters. The van der Waals surface area contributed by atoms with E-state index < -0.39 is 29.7 Å². The molecule has 1 N–H and O–H groups in total. The van der Waals surface area contributed by atoms with E-state index >= 15 is 0 Å². The molecule has 0 saturated carbocycles. The number of cyclic esters (lactones) is 1. The molecule has 2 fully saturated rings. The van der Waals surface area contributed by atoms with Gasteiger partial charge < -0.3 is 14.8 Å². The van der Waals surface area contributed by atoms with Crippen LogP contribution in [0.4, 0.5) is 4.79 Å². The predicted molar refractivity (Wildman–Crippen MR) is 86.8 cm³/mol. The Balaban J connectivity index is 1.90. The Labute approximate surface area is 139 Å². The number of thiocarbonyl (C=S) groups is 1. The topological polar surface area (TPSA) is 67.9 Å². The number of nitrogens with zero attached hydrogens (tertiary/aromatic N) is 1. The number of hydrogen-bond donors (Lipinski definition) is 1. The van der Waals surface area contributed by atoms with Crippen molar-refractivity contribution in [2.45, 2.75) is 38.5 Å². The molecular weight excluding hydrogens is 316 g/mol. The Hall–Kier alpha value is -2.15. The second-order valence-corrected chi connectivity index (χ2v) is 6.77. The maximum absolute atomic E-state index is 12.9. The van der Waals surface area contributed by atoms with E-state index in [2.05, 4.69) is 5.32 Å². The number of carbonyl (C=O) groups is 2. The van der Waals surface area contributed by atoms with Crippen molar-refractivity contribution in [3.63, 3.8) is 0 Å². The highest BCUT2D eigenvalue weighted by atomic mass is 32.1. The molecule has 2 saturated heterocycles. The Morgan fingerprint density at radius 3 is 2.57 bits per heavy atom. The largest absolute Gasteiger partial charge is 0.460 e. The zero-order valence-corrected chi connectivity index (χ0v) is 14.0. The molecule has 1 aromatic rings. The van der Waals surface area contributed by atoms with E-state index in [0.29, 0.717) is 0 Å². The Morgan fingerprint density at radius 1 is 1.35 bits per heavy atom. The minimum Gasteiger partial charge on any atom is -0.460 e. The summed E-state index contributed by atoms with van der Waals surface area (Å²) in [6, 6.07) is 6.91. The Kier molecular flexibility index (Phi) is 3.75. The second-order valence-electron chi connectivity index (χ2n) is 6.40. The first-order valence-corrected chi connectivity index (χ1v) is 7.75. The van der Waals surface area contributed by atoms with E-state index in [1.165, 1.54) is 0 Å². The number of nitrogens with one attached hydrogen (secondary N) is 1. The summed E-state index contributed by atoms with van der Waals surface area (Å²) in [5, 5.41) is 3.01. The van der Waals surface area contributed by atoms with Crippen LogP contribution < -0.4 is 5.32 Å². The molecular formula is C16H18N2O4S. The molecule has 2 aliphatic rings. The van der Waals surface area contributed by atoms with Crippen LogP contribution in [0.5, 0.6) is 0 Å². The summed E-state index contributed by atoms with van der Waals surface area (Å²) in [4.78, 5) is 26.0. The third kappa shape index (κ3) is 2.76. The van der Waals surface area contributed by atoms with Gasteiger partial charge in [-0.25, -0.2) is 9.69 Å². The number of hydrogen-bond acceptors (Lipinski definition) is 5. The highest BCUT2D eigenvalue weighted by Gasteiger charge is 2.50. The van der Waals surface area contributed by atoms with E-state index in [-0.39, 0.29) is 11.8 Å². The van der Waals surface area contributed by atoms with Gasteiger partial charge in [0.15, 0.2) is 12.1 Å². The highest BCUT2D eigenvalue weighted by Crippen LogP contribution is 2.32. The van der Waals surface area contributed by atoms with Crippen molar-refractivity contribution in [2.24, 2.45) is 0 Å². The summed E-state index contributed by atoms with van der Waals surface area (Å²) in [6.07, 6.45) is -1.21. The van der Waals surface area contributed by atoms with Crippen LogP contribution >= 0.6 is 12.2 Å². The Bertz CT molecular complexity index is 671. The van der Waals surface area contributed by atoms with Crippen LogP contribution in [0.2, 0.25) is 0 Å². The first-order valence-electron chi connectivity index (χ1n) is 7.34. The van der Waals surface area contributed by atoms with Gasteiger partial charge in [-0.15, -0.1) is 0 Å². The summed E-state index contributed by atoms with van der Waals surface area (Å²) < 4.78 is 10.6. The fourth-order valence-corrected chi connectivity index (χ4v) is 3.00. The van der Waals surface area contributed by atoms with Gasteiger partial charge in [0.25, 0.3) is 11.1 Å². The lowest BCUT2D eigenvalue weighted by Crippen LogP contribution is -2.53. The number of amides is 2. The predicted octanol–water partition coefficient (Wildman–Crippen LogP) is 2.07. The van der Waals surface area contributed by atoms with E-state index in [0.717, 1.165) is 16.0 Å². The summed E-state index contributed by atoms with van der Waals surface area (Å²) in [6.45, 7) is 5.72. The van der Waals surface area contributed by atoms with E-state index in [1.807, 2.05) is 31.2 Å². The van der Waals surface area contributed by atoms with Crippen molar-refractivity contribution in [2.75, 3.05) is 6.61 Å². The lowest BCUT2D eigenvalue weighted by Gasteiger charge is -2.29. The van der Waals surface area contributed by atoms with Gasteiger partial charge >= 0.3 is 6.09 Å². The second kappa shape index (κ2) is 5.49. The number of rotatable bonds is 2. The van der Waals surface area contributed by atoms with Crippen molar-refractivity contribution in [1.82, 2.24) is 10.2 Å². The van der Waals surface area contributed by atoms with Gasteiger partial charge in [0, 0.05) is 0 Å². The van der Waals surface area contributed by atoms with Crippen molar-refractivity contribution in [1.29, 1.82) is 0 Å². The molecule has 2 aliphatic heterocycles. The molecule has 1 aromatic carbocycles. The lowest BCUT2D eigenvalue weighted by atomic mass is 9.98. The van der Waals surface area contributed by atoms with Crippen molar-refractivity contribution >= 4 is 29.4 Å². The first kappa shape index (κ1) is 15.7. The molecule has 2 atom stereocenters. The van der Waals surface area contributed by atoms with Gasteiger partial charge in [-0.1, -0.05) is 29.8 Å². The zero-order chi connectivity index (χ0) is 16.8. The maximum Gasteiger partial charge on any atom is 0.417 e. The summed E-state index contributed by atoms with van der Waals surface area (Å²) >= 11 is 5.06. The van der Waals surface area contributed by atoms with Gasteiger partial charge in [-0.3, -0.25) is 4.79 Å². The standard InChI is InChI=1S/C16H18N2O4S/c1-9-4-6-10(7-5-9)12-11(17-14(23)22-12)13(19)18-15(20)21-8-16(18,2)3/h4-7,11-12H,8H2,1-3H3,(H,17,23)/t11-,12+/m1/s1. The molecule has 0 spiro atoms. The molecule has 2 heterocycles. The molecule has 0 radical (unpaired) electrons. The summed E-state index contributed by atoms with van der Waals surface area (Å²) in [5.74, 6) is -0.400. The van der Waals surface area contributed by atoms with Gasteiger partial charge in [-0.2, -0.15) is 0 Å². The normalized spacial score (nSPS) is 25.8. The quantitative estimate of drug-likeness (QED) is 0.835. The fraction of sp³-hybridized carbons (Fsp3) is 0.438. The number of carbonyl (C=O) groups excluding carboxylic acids is 2. The van der Waals surface area contributed by atoms with Gasteiger partial charge in [0.05, 0.1) is 5.54 Å². The number of benzene rings is 1. The molecule has 0 aliphatic carbocycles. The SMILES string of the molecule is Cc1ccc([C@@H]2OC(=S)N[C@H]2C(=O)N2C(=O)OCC2(C)C)cc1. The molecule has 3 rings (SSSR count). The van der Waals surface area contributed by atoms with Crippen LogP contribution in [-0.2, 0) is 14.3 Å². The van der Waals surface area contributed by atoms with Crippen LogP contribution in [0.3, 0.4) is 0 Å². The molecule has 0 aromatic heterocycles. The molecule has 6 nitrogen and oxygen atoms in total. The van der Waals surface area contributed by atoms with E-state index in [1.54, 1.807) is 13.8 Å². The zero-order valence-electron chi connectivity index (χ0n) is 13.2. The molecule has 2 amide bonds. The molecule has 7 heteroatoms. The minimum atomic E-state index is -0.755. The average molecular weight is 334 g/mol. The Morgan fingerprint density at radius 2 is 2.00 bits per heavy atom. The van der Waals surface area contributed by atoms with Crippen LogP contribution in [0.25, 0.3) is 0 Å². The van der Waals surface area contributed by atoms with Crippen molar-refractivity contribution in [3.05, 3.63) is 35.4 Å². The van der Waals surface area contributed by atoms with Crippen LogP contribution in [0.1, 0.15) is 31.1 Å². The third-order valence-corrected chi connectivity index (χ3v) is 4.25. The molecule has 0 bridgehead atoms. The van der Waals surface area contributed by atoms with Gasteiger partial charge in [0.1, 0.15) is 6.61 Å². The van der Waals surface area contributed by atoms with Crippen LogP contribution in [0.15, 0.2) is 24.3 Å². The first-order chi connectivity index (χ1) is 10.8. The average Bonchev–Trinajstić information content (AvgIpc) is 2.99. The highest BCUT2D eigenvalue weighted by molar-refractivity contribution is 7.80. The summed E-state index contributed by atoms with van der Waals surface area (Å²) in [7, 11) is 0. The maximum atomic E-state index is 12.9. The van der Waals surface area contributed by atoms with Crippen LogP contribution in [0, 0.1) is 6.92 Å². The third-order valence-electron chi connectivity index (χ3n) is 4.04. The molecule has 23 heavy (non-hydrogen) atoms. The number of ether oxygens (including phenoxy) is 2. The fourth-order valence-electron chi connectivity index (χ4n) is 2.77. The van der Waals surface area contributed by atoms with E-state index in [9.17, 15) is 9.59 Å². The lowest BCUT2D eigenvalue weighted by molar-refractivity contribution is -0.134. The monoisotopic (exact) mass is 334 g/mol. The van der Waals surface area contributed by atoms with Gasteiger partial charge in [-0.05, 0) is 38.6 Å². The van der Waals surface area contributed by atoms with Crippen molar-refractivity contribution in [3.8, 4) is 0 Å². The molecule has 122 valence electrons. The summed E-state index contributed by atoms with van der Waals surface area (Å²) in [5.41, 5.74) is 1.24.